The summed E-state index contributed by atoms with van der Waals surface area (Å²) in [5.74, 6) is 0.658. The van der Waals surface area contributed by atoms with E-state index in [2.05, 4.69) is 17.3 Å². The van der Waals surface area contributed by atoms with Gasteiger partial charge in [0.1, 0.15) is 0 Å². The van der Waals surface area contributed by atoms with Crippen LogP contribution in [0, 0.1) is 5.92 Å². The molecule has 1 aromatic rings. The summed E-state index contributed by atoms with van der Waals surface area (Å²) >= 11 is 5.81. The van der Waals surface area contributed by atoms with Gasteiger partial charge in [-0.1, -0.05) is 23.7 Å². The van der Waals surface area contributed by atoms with Crippen LogP contribution >= 0.6 is 11.6 Å². The molecule has 1 amide bonds. The predicted octanol–water partition coefficient (Wildman–Crippen LogP) is 2.30. The van der Waals surface area contributed by atoms with Gasteiger partial charge in [-0.05, 0) is 43.6 Å². The first-order valence-corrected chi connectivity index (χ1v) is 6.71. The molecule has 0 aliphatic carbocycles. The fourth-order valence-electron chi connectivity index (χ4n) is 2.33. The van der Waals surface area contributed by atoms with Gasteiger partial charge in [0.25, 0.3) is 0 Å². The van der Waals surface area contributed by atoms with Crippen molar-refractivity contribution >= 4 is 17.5 Å². The molecule has 0 aromatic heterocycles. The normalized spacial score (nSPS) is 20.0. The summed E-state index contributed by atoms with van der Waals surface area (Å²) in [4.78, 5) is 14.1. The summed E-state index contributed by atoms with van der Waals surface area (Å²) in [5, 5.41) is 3.68. The molecule has 0 radical (unpaired) electrons. The molecule has 18 heavy (non-hydrogen) atoms. The number of hydrogen-bond donors (Lipinski definition) is 1. The van der Waals surface area contributed by atoms with Gasteiger partial charge in [-0.15, -0.1) is 0 Å². The Morgan fingerprint density at radius 2 is 2.17 bits per heavy atom. The highest BCUT2D eigenvalue weighted by Gasteiger charge is 2.21. The van der Waals surface area contributed by atoms with Crippen molar-refractivity contribution in [2.45, 2.75) is 19.4 Å². The number of halogens is 1. The lowest BCUT2D eigenvalue weighted by molar-refractivity contribution is -0.122. The Morgan fingerprint density at radius 3 is 2.78 bits per heavy atom. The van der Waals surface area contributed by atoms with Crippen molar-refractivity contribution in [2.75, 3.05) is 20.1 Å². The van der Waals surface area contributed by atoms with Gasteiger partial charge in [0, 0.05) is 24.5 Å². The van der Waals surface area contributed by atoms with Crippen LogP contribution in [0.2, 0.25) is 5.02 Å². The van der Waals surface area contributed by atoms with Crippen molar-refractivity contribution in [3.63, 3.8) is 0 Å². The van der Waals surface area contributed by atoms with E-state index in [4.69, 9.17) is 11.6 Å². The molecule has 0 bridgehead atoms. The first-order valence-electron chi connectivity index (χ1n) is 6.33. The molecule has 1 aliphatic rings. The van der Waals surface area contributed by atoms with Crippen LogP contribution in [0.4, 0.5) is 0 Å². The highest BCUT2D eigenvalue weighted by atomic mass is 35.5. The molecule has 1 atom stereocenters. The maximum Gasteiger partial charge on any atom is 0.220 e. The topological polar surface area (TPSA) is 32.3 Å². The highest BCUT2D eigenvalue weighted by molar-refractivity contribution is 6.30. The third-order valence-electron chi connectivity index (χ3n) is 3.37. The molecule has 1 heterocycles. The summed E-state index contributed by atoms with van der Waals surface area (Å²) in [6.45, 7) is 2.72. The number of amides is 1. The van der Waals surface area contributed by atoms with Gasteiger partial charge in [0.2, 0.25) is 5.91 Å². The first kappa shape index (κ1) is 13.4. The van der Waals surface area contributed by atoms with Crippen LogP contribution in [0.1, 0.15) is 18.4 Å². The molecule has 1 aromatic carbocycles. The van der Waals surface area contributed by atoms with Gasteiger partial charge in [0.15, 0.2) is 0 Å². The molecule has 2 rings (SSSR count). The van der Waals surface area contributed by atoms with E-state index in [-0.39, 0.29) is 5.91 Å². The zero-order valence-electron chi connectivity index (χ0n) is 10.7. The van der Waals surface area contributed by atoms with Crippen molar-refractivity contribution in [3.8, 4) is 0 Å². The lowest BCUT2D eigenvalue weighted by Crippen LogP contribution is -2.26. The maximum atomic E-state index is 11.8. The van der Waals surface area contributed by atoms with Crippen LogP contribution in [0.3, 0.4) is 0 Å². The second-order valence-corrected chi connectivity index (χ2v) is 5.46. The van der Waals surface area contributed by atoms with E-state index in [1.165, 1.54) is 0 Å². The minimum Gasteiger partial charge on any atom is -0.352 e. The summed E-state index contributed by atoms with van der Waals surface area (Å²) in [5.41, 5.74) is 1.08. The standard InChI is InChI=1S/C14H19ClN2O/c1-17-7-6-12(10-17)8-14(18)16-9-11-2-4-13(15)5-3-11/h2-5,12H,6-10H2,1H3,(H,16,18). The lowest BCUT2D eigenvalue weighted by atomic mass is 10.0. The molecule has 3 nitrogen and oxygen atoms in total. The van der Waals surface area contributed by atoms with E-state index in [0.717, 1.165) is 30.1 Å². The lowest BCUT2D eigenvalue weighted by Gasteiger charge is -2.10. The number of rotatable bonds is 4. The van der Waals surface area contributed by atoms with E-state index >= 15 is 0 Å². The van der Waals surface area contributed by atoms with Crippen LogP contribution < -0.4 is 5.32 Å². The minimum atomic E-state index is 0.144. The summed E-state index contributed by atoms with van der Waals surface area (Å²) in [6.07, 6.45) is 1.77. The average Bonchev–Trinajstić information content (AvgIpc) is 2.74. The maximum absolute atomic E-state index is 11.8. The van der Waals surface area contributed by atoms with Crippen LogP contribution in [-0.2, 0) is 11.3 Å². The van der Waals surface area contributed by atoms with E-state index in [1.54, 1.807) is 0 Å². The van der Waals surface area contributed by atoms with Crippen molar-refractivity contribution < 1.29 is 4.79 Å². The SMILES string of the molecule is CN1CCC(CC(=O)NCc2ccc(Cl)cc2)C1. The van der Waals surface area contributed by atoms with Gasteiger partial charge in [-0.25, -0.2) is 0 Å². The van der Waals surface area contributed by atoms with Gasteiger partial charge in [-0.3, -0.25) is 4.79 Å². The van der Waals surface area contributed by atoms with Gasteiger partial charge in [0.05, 0.1) is 0 Å². The zero-order valence-corrected chi connectivity index (χ0v) is 11.4. The first-order chi connectivity index (χ1) is 8.63. The summed E-state index contributed by atoms with van der Waals surface area (Å²) in [6, 6.07) is 7.56. The number of likely N-dealkylation sites (tertiary alicyclic amines) is 1. The van der Waals surface area contributed by atoms with Gasteiger partial charge < -0.3 is 10.2 Å². The molecule has 1 saturated heterocycles. The molecule has 98 valence electrons. The Kier molecular flexibility index (Phi) is 4.61. The Balaban J connectivity index is 1.73. The molecule has 1 aliphatic heterocycles. The molecular formula is C14H19ClN2O. The Bertz CT molecular complexity index is 405. The van der Waals surface area contributed by atoms with Gasteiger partial charge in [-0.2, -0.15) is 0 Å². The van der Waals surface area contributed by atoms with E-state index in [1.807, 2.05) is 24.3 Å². The summed E-state index contributed by atoms with van der Waals surface area (Å²) < 4.78 is 0. The Morgan fingerprint density at radius 1 is 1.44 bits per heavy atom. The number of benzene rings is 1. The molecule has 1 fully saturated rings. The third-order valence-corrected chi connectivity index (χ3v) is 3.62. The monoisotopic (exact) mass is 266 g/mol. The van der Waals surface area contributed by atoms with Crippen LogP contribution in [-0.4, -0.2) is 30.9 Å². The minimum absolute atomic E-state index is 0.144. The second kappa shape index (κ2) is 6.21. The smallest absolute Gasteiger partial charge is 0.220 e. The van der Waals surface area contributed by atoms with E-state index < -0.39 is 0 Å². The number of hydrogen-bond acceptors (Lipinski definition) is 2. The van der Waals surface area contributed by atoms with Crippen LogP contribution in [0.15, 0.2) is 24.3 Å². The van der Waals surface area contributed by atoms with Crippen LogP contribution in [0.5, 0.6) is 0 Å². The zero-order chi connectivity index (χ0) is 13.0. The number of nitrogens with one attached hydrogen (secondary N) is 1. The average molecular weight is 267 g/mol. The summed E-state index contributed by atoms with van der Waals surface area (Å²) in [7, 11) is 2.10. The number of carbonyl (C=O) groups is 1. The third kappa shape index (κ3) is 4.00. The largest absolute Gasteiger partial charge is 0.352 e. The molecular weight excluding hydrogens is 248 g/mol. The van der Waals surface area contributed by atoms with Crippen LogP contribution in [0.25, 0.3) is 0 Å². The second-order valence-electron chi connectivity index (χ2n) is 5.02. The quantitative estimate of drug-likeness (QED) is 0.907. The highest BCUT2D eigenvalue weighted by Crippen LogP contribution is 2.17. The van der Waals surface area contributed by atoms with E-state index in [0.29, 0.717) is 18.9 Å². The molecule has 4 heteroatoms. The van der Waals surface area contributed by atoms with Crippen molar-refractivity contribution in [2.24, 2.45) is 5.92 Å². The fraction of sp³-hybridized carbons (Fsp3) is 0.500. The van der Waals surface area contributed by atoms with Gasteiger partial charge >= 0.3 is 0 Å². The number of carbonyl (C=O) groups excluding carboxylic acids is 1. The van der Waals surface area contributed by atoms with Crippen molar-refractivity contribution in [1.82, 2.24) is 10.2 Å². The Labute approximate surface area is 113 Å². The Hall–Kier alpha value is -1.06. The molecule has 0 spiro atoms. The van der Waals surface area contributed by atoms with E-state index in [9.17, 15) is 4.79 Å². The van der Waals surface area contributed by atoms with Crippen molar-refractivity contribution in [3.05, 3.63) is 34.9 Å². The molecule has 0 saturated carbocycles. The number of nitrogens with zero attached hydrogens (tertiary/aromatic N) is 1. The molecule has 1 N–H and O–H groups in total. The molecule has 1 unspecified atom stereocenters. The fourth-order valence-corrected chi connectivity index (χ4v) is 2.46. The predicted molar refractivity (Wildman–Crippen MR) is 73.5 cm³/mol. The van der Waals surface area contributed by atoms with Crippen molar-refractivity contribution in [1.29, 1.82) is 0 Å².